The second-order valence-electron chi connectivity index (χ2n) is 7.31. The predicted octanol–water partition coefficient (Wildman–Crippen LogP) is 7.17. The maximum atomic E-state index is 4.48. The molecule has 0 aliphatic rings. The van der Waals surface area contributed by atoms with Crippen molar-refractivity contribution >= 4 is 22.4 Å². The van der Waals surface area contributed by atoms with Crippen molar-refractivity contribution in [1.29, 1.82) is 0 Å². The van der Waals surface area contributed by atoms with Crippen LogP contribution < -0.4 is 0 Å². The van der Waals surface area contributed by atoms with Gasteiger partial charge in [-0.25, -0.2) is 4.98 Å². The number of para-hydroxylation sites is 1. The fraction of sp³-hybridized carbons (Fsp3) is 0.440. The molecule has 3 aromatic heterocycles. The Balaban J connectivity index is 0.000000420. The second-order valence-corrected chi connectivity index (χ2v) is 8.77. The Morgan fingerprint density at radius 1 is 0.833 bits per heavy atom. The Labute approximate surface area is 187 Å². The number of thiophene rings is 1. The van der Waals surface area contributed by atoms with E-state index in [1.54, 1.807) is 0 Å². The summed E-state index contributed by atoms with van der Waals surface area (Å²) in [6.45, 7) is 14.6. The molecule has 1 aromatic carbocycles. The third kappa shape index (κ3) is 6.84. The zero-order valence-corrected chi connectivity index (χ0v) is 19.4. The van der Waals surface area contributed by atoms with Gasteiger partial charge < -0.3 is 4.57 Å². The molecule has 3 heterocycles. The standard InChI is InChI=1S/C10H12N2.C7H10S.C6H10N2.2CH4/c1-7-5-4-6-9-10(7)11-8(2)12(9)3;1-5-4-6(2)8-7(5)3;1-5-4-6(2)8(3)7-5;;/h4-6H,1-3H3;2*4H,1-3H3;2*1H4. The summed E-state index contributed by atoms with van der Waals surface area (Å²) < 4.78 is 3.98. The van der Waals surface area contributed by atoms with Crippen molar-refractivity contribution in [3.63, 3.8) is 0 Å². The molecule has 0 fully saturated rings. The van der Waals surface area contributed by atoms with Crippen LogP contribution in [-0.4, -0.2) is 19.3 Å². The first-order valence-corrected chi connectivity index (χ1v) is 10.3. The summed E-state index contributed by atoms with van der Waals surface area (Å²) in [6.07, 6.45) is 0. The molecule has 166 valence electrons. The van der Waals surface area contributed by atoms with Crippen LogP contribution in [0.25, 0.3) is 11.0 Å². The molecule has 4 rings (SSSR count). The second kappa shape index (κ2) is 11.7. The van der Waals surface area contributed by atoms with E-state index in [-0.39, 0.29) is 14.9 Å². The molecule has 30 heavy (non-hydrogen) atoms. The zero-order chi connectivity index (χ0) is 21.0. The minimum atomic E-state index is 0. The monoisotopic (exact) mass is 428 g/mol. The summed E-state index contributed by atoms with van der Waals surface area (Å²) in [5.74, 6) is 1.07. The van der Waals surface area contributed by atoms with Gasteiger partial charge in [0.1, 0.15) is 5.82 Å². The van der Waals surface area contributed by atoms with Gasteiger partial charge in [-0.2, -0.15) is 5.10 Å². The van der Waals surface area contributed by atoms with Crippen molar-refractivity contribution in [1.82, 2.24) is 19.3 Å². The van der Waals surface area contributed by atoms with E-state index in [4.69, 9.17) is 0 Å². The fourth-order valence-corrected chi connectivity index (χ4v) is 3.91. The van der Waals surface area contributed by atoms with Gasteiger partial charge in [0.05, 0.1) is 16.7 Å². The third-order valence-corrected chi connectivity index (χ3v) is 5.93. The van der Waals surface area contributed by atoms with Crippen LogP contribution in [0.1, 0.15) is 52.9 Å². The summed E-state index contributed by atoms with van der Waals surface area (Å²) >= 11 is 1.87. The van der Waals surface area contributed by atoms with E-state index in [2.05, 4.69) is 72.7 Å². The van der Waals surface area contributed by atoms with Crippen LogP contribution in [0.5, 0.6) is 0 Å². The van der Waals surface area contributed by atoms with Crippen LogP contribution in [0.15, 0.2) is 30.3 Å². The Hall–Kier alpha value is -2.40. The fourth-order valence-electron chi connectivity index (χ4n) is 2.97. The molecule has 0 saturated carbocycles. The number of fused-ring (bicyclic) bond motifs is 1. The molecular formula is C25H40N4S. The first-order valence-electron chi connectivity index (χ1n) is 9.49. The number of imidazole rings is 1. The average Bonchev–Trinajstić information content (AvgIpc) is 3.19. The summed E-state index contributed by atoms with van der Waals surface area (Å²) in [5, 5.41) is 4.13. The molecule has 0 aliphatic heterocycles. The average molecular weight is 429 g/mol. The molecule has 4 nitrogen and oxygen atoms in total. The Morgan fingerprint density at radius 2 is 1.47 bits per heavy atom. The van der Waals surface area contributed by atoms with Gasteiger partial charge >= 0.3 is 0 Å². The molecule has 0 amide bonds. The maximum Gasteiger partial charge on any atom is 0.106 e. The van der Waals surface area contributed by atoms with Crippen molar-refractivity contribution in [3.8, 4) is 0 Å². The lowest BCUT2D eigenvalue weighted by Crippen LogP contribution is -1.91. The van der Waals surface area contributed by atoms with Gasteiger partial charge in [0.25, 0.3) is 0 Å². The quantitative estimate of drug-likeness (QED) is 0.297. The number of aryl methyl sites for hydroxylation is 9. The van der Waals surface area contributed by atoms with Crippen LogP contribution in [0, 0.1) is 48.5 Å². The van der Waals surface area contributed by atoms with Gasteiger partial charge in [-0.15, -0.1) is 11.3 Å². The normalized spacial score (nSPS) is 9.63. The van der Waals surface area contributed by atoms with Gasteiger partial charge in [0.2, 0.25) is 0 Å². The van der Waals surface area contributed by atoms with E-state index >= 15 is 0 Å². The lowest BCUT2D eigenvalue weighted by molar-refractivity contribution is 0.731. The summed E-state index contributed by atoms with van der Waals surface area (Å²) in [4.78, 5) is 7.34. The molecular weight excluding hydrogens is 388 g/mol. The molecule has 0 aliphatic carbocycles. The number of hydrogen-bond donors (Lipinski definition) is 0. The lowest BCUT2D eigenvalue weighted by Gasteiger charge is -1.96. The smallest absolute Gasteiger partial charge is 0.106 e. The molecule has 0 saturated heterocycles. The third-order valence-electron chi connectivity index (χ3n) is 4.86. The van der Waals surface area contributed by atoms with Crippen LogP contribution in [0.2, 0.25) is 0 Å². The number of hydrogen-bond acceptors (Lipinski definition) is 3. The molecule has 0 bridgehead atoms. The zero-order valence-electron chi connectivity index (χ0n) is 18.6. The maximum absolute atomic E-state index is 4.48. The number of aromatic nitrogens is 4. The van der Waals surface area contributed by atoms with Gasteiger partial charge in [0.15, 0.2) is 0 Å². The summed E-state index contributed by atoms with van der Waals surface area (Å²) in [7, 11) is 3.99. The molecule has 0 unspecified atom stereocenters. The van der Waals surface area contributed by atoms with E-state index in [1.165, 1.54) is 32.1 Å². The highest BCUT2D eigenvalue weighted by Crippen LogP contribution is 2.18. The SMILES string of the molecule is C.C.Cc1cc(C)c(C)s1.Cc1cc(C)n(C)n1.Cc1cccc2c1nc(C)n2C. The van der Waals surface area contributed by atoms with Crippen molar-refractivity contribution in [2.24, 2.45) is 14.1 Å². The lowest BCUT2D eigenvalue weighted by atomic mass is 10.2. The van der Waals surface area contributed by atoms with Gasteiger partial charge in [0, 0.05) is 29.5 Å². The molecule has 4 aromatic rings. The van der Waals surface area contributed by atoms with Crippen molar-refractivity contribution in [2.75, 3.05) is 0 Å². The molecule has 5 heteroatoms. The Bertz CT molecular complexity index is 983. The number of rotatable bonds is 0. The van der Waals surface area contributed by atoms with Crippen molar-refractivity contribution < 1.29 is 0 Å². The first kappa shape index (κ1) is 27.6. The van der Waals surface area contributed by atoms with Crippen molar-refractivity contribution in [3.05, 3.63) is 68.4 Å². The highest BCUT2D eigenvalue weighted by atomic mass is 32.1. The van der Waals surface area contributed by atoms with E-state index < -0.39 is 0 Å². The predicted molar refractivity (Wildman–Crippen MR) is 135 cm³/mol. The van der Waals surface area contributed by atoms with Crippen LogP contribution in [-0.2, 0) is 14.1 Å². The van der Waals surface area contributed by atoms with Gasteiger partial charge in [-0.3, -0.25) is 4.68 Å². The Morgan fingerprint density at radius 3 is 1.80 bits per heavy atom. The van der Waals surface area contributed by atoms with E-state index in [1.807, 2.05) is 50.9 Å². The highest BCUT2D eigenvalue weighted by Gasteiger charge is 2.04. The topological polar surface area (TPSA) is 35.6 Å². The largest absolute Gasteiger partial charge is 0.331 e. The highest BCUT2D eigenvalue weighted by molar-refractivity contribution is 7.12. The minimum absolute atomic E-state index is 0. The van der Waals surface area contributed by atoms with Gasteiger partial charge in [-0.05, 0) is 77.8 Å². The van der Waals surface area contributed by atoms with Crippen LogP contribution >= 0.6 is 11.3 Å². The molecule has 0 atom stereocenters. The van der Waals surface area contributed by atoms with Crippen LogP contribution in [0.3, 0.4) is 0 Å². The minimum Gasteiger partial charge on any atom is -0.331 e. The Kier molecular flexibility index (Phi) is 10.8. The van der Waals surface area contributed by atoms with Crippen LogP contribution in [0.4, 0.5) is 0 Å². The summed E-state index contributed by atoms with van der Waals surface area (Å²) in [6, 6.07) is 10.5. The molecule has 0 spiro atoms. The number of nitrogens with zero attached hydrogens (tertiary/aromatic N) is 4. The van der Waals surface area contributed by atoms with E-state index in [9.17, 15) is 0 Å². The van der Waals surface area contributed by atoms with E-state index in [0.29, 0.717) is 0 Å². The number of benzene rings is 1. The van der Waals surface area contributed by atoms with Crippen molar-refractivity contribution in [2.45, 2.75) is 63.3 Å². The molecule has 0 radical (unpaired) electrons. The van der Waals surface area contributed by atoms with Gasteiger partial charge in [-0.1, -0.05) is 27.0 Å². The molecule has 0 N–H and O–H groups in total. The first-order chi connectivity index (χ1) is 13.1. The summed E-state index contributed by atoms with van der Waals surface area (Å²) in [5.41, 5.74) is 7.31. The van der Waals surface area contributed by atoms with E-state index in [0.717, 1.165) is 17.0 Å².